The van der Waals surface area contributed by atoms with Crippen molar-refractivity contribution in [3.05, 3.63) is 23.3 Å². The molecule has 30 heavy (non-hydrogen) atoms. The maximum atomic E-state index is 9.70. The summed E-state index contributed by atoms with van der Waals surface area (Å²) in [5.74, 6) is 0. The number of nitrogens with zero attached hydrogens (tertiary/aromatic N) is 12. The molecule has 134 valence electrons. The summed E-state index contributed by atoms with van der Waals surface area (Å²) in [6.07, 6.45) is 3.01. The van der Waals surface area contributed by atoms with Crippen LogP contribution in [0.2, 0.25) is 0 Å². The van der Waals surface area contributed by atoms with Crippen LogP contribution in [0.25, 0.3) is 22.1 Å². The molecule has 0 bridgehead atoms. The third-order valence-corrected chi connectivity index (χ3v) is 4.23. The number of hydrogen-bond acceptors (Lipinski definition) is 12. The highest BCUT2D eigenvalue weighted by Crippen LogP contribution is 2.44. The van der Waals surface area contributed by atoms with Crippen LogP contribution in [0.3, 0.4) is 0 Å². The molecule has 12 heteroatoms. The van der Waals surface area contributed by atoms with Gasteiger partial charge in [0.15, 0.2) is 35.0 Å². The Morgan fingerprint density at radius 2 is 1.43 bits per heavy atom. The molecule has 0 spiro atoms. The predicted octanol–water partition coefficient (Wildman–Crippen LogP) is 0.977. The number of aliphatic imine (C=N–C) groups is 1. The van der Waals surface area contributed by atoms with Gasteiger partial charge < -0.3 is 0 Å². The number of aromatic nitrogens is 4. The molecule has 0 saturated carbocycles. The second-order valence-corrected chi connectivity index (χ2v) is 5.71. The van der Waals surface area contributed by atoms with Gasteiger partial charge in [0.1, 0.15) is 57.7 Å². The molecule has 0 amide bonds. The molecule has 0 N–H and O–H groups in total. The zero-order valence-corrected chi connectivity index (χ0v) is 14.5. The fraction of sp³-hybridized carbons (Fsp3) is 0.0556. The molecule has 0 aliphatic carbocycles. The lowest BCUT2D eigenvalue weighted by Gasteiger charge is -2.27. The first kappa shape index (κ1) is 17.7. The third kappa shape index (κ3) is 2.24. The standard InChI is InChI=1S/C18H2N12/c19-1-8-6-25-16-14(26-8)13-15(28-10(3-21)9(2-20)27-13)17-18(16)30(7-24)12(5-23)11(4-22)29-17/h6,12H. The molecule has 0 saturated heterocycles. The molecule has 2 aromatic heterocycles. The Hall–Kier alpha value is -5.69. The third-order valence-electron chi connectivity index (χ3n) is 4.23. The maximum Gasteiger partial charge on any atom is 0.186 e. The summed E-state index contributed by atoms with van der Waals surface area (Å²) >= 11 is 0. The van der Waals surface area contributed by atoms with Gasteiger partial charge in [0.05, 0.1) is 12.3 Å². The van der Waals surface area contributed by atoms with Gasteiger partial charge in [-0.25, -0.2) is 24.9 Å². The molecule has 3 aromatic rings. The van der Waals surface area contributed by atoms with Crippen LogP contribution in [0.1, 0.15) is 17.1 Å². The van der Waals surface area contributed by atoms with E-state index in [0.29, 0.717) is 0 Å². The zero-order valence-electron chi connectivity index (χ0n) is 14.5. The van der Waals surface area contributed by atoms with E-state index >= 15 is 0 Å². The lowest BCUT2D eigenvalue weighted by molar-refractivity contribution is 0.981. The van der Waals surface area contributed by atoms with E-state index in [2.05, 4.69) is 24.9 Å². The van der Waals surface area contributed by atoms with E-state index in [4.69, 9.17) is 0 Å². The van der Waals surface area contributed by atoms with Crippen molar-refractivity contribution in [2.75, 3.05) is 4.90 Å². The molecule has 0 radical (unpaired) electrons. The minimum Gasteiger partial charge on any atom is -0.251 e. The first-order valence-electron chi connectivity index (χ1n) is 7.93. The van der Waals surface area contributed by atoms with Gasteiger partial charge in [-0.05, 0) is 0 Å². The van der Waals surface area contributed by atoms with Crippen molar-refractivity contribution in [1.29, 1.82) is 31.6 Å². The Balaban J connectivity index is 2.33. The molecule has 1 aliphatic heterocycles. The van der Waals surface area contributed by atoms with Crippen LogP contribution in [0.15, 0.2) is 11.2 Å². The van der Waals surface area contributed by atoms with Crippen LogP contribution in [0.5, 0.6) is 0 Å². The Bertz CT molecular complexity index is 1570. The lowest BCUT2D eigenvalue weighted by Crippen LogP contribution is -2.39. The maximum absolute atomic E-state index is 9.70. The van der Waals surface area contributed by atoms with E-state index in [1.807, 2.05) is 18.3 Å². The van der Waals surface area contributed by atoms with E-state index in [9.17, 15) is 31.6 Å². The van der Waals surface area contributed by atoms with Gasteiger partial charge in [0.25, 0.3) is 0 Å². The van der Waals surface area contributed by atoms with Crippen molar-refractivity contribution < 1.29 is 0 Å². The number of benzene rings is 1. The number of hydrogen-bond donors (Lipinski definition) is 0. The Kier molecular flexibility index (Phi) is 3.83. The van der Waals surface area contributed by atoms with E-state index in [0.717, 1.165) is 11.1 Å². The molecule has 1 atom stereocenters. The van der Waals surface area contributed by atoms with Crippen molar-refractivity contribution in [2.45, 2.75) is 6.04 Å². The number of fused-ring (bicyclic) bond motifs is 6. The van der Waals surface area contributed by atoms with E-state index < -0.39 is 6.04 Å². The molecular weight excluding hydrogens is 384 g/mol. The Morgan fingerprint density at radius 1 is 0.767 bits per heavy atom. The second-order valence-electron chi connectivity index (χ2n) is 5.71. The van der Waals surface area contributed by atoms with E-state index in [1.54, 1.807) is 18.2 Å². The quantitative estimate of drug-likeness (QED) is 0.392. The van der Waals surface area contributed by atoms with E-state index in [-0.39, 0.29) is 56.2 Å². The largest absolute Gasteiger partial charge is 0.251 e. The van der Waals surface area contributed by atoms with Crippen LogP contribution < -0.4 is 4.90 Å². The molecule has 12 nitrogen and oxygen atoms in total. The van der Waals surface area contributed by atoms with Gasteiger partial charge in [0.2, 0.25) is 0 Å². The average Bonchev–Trinajstić information content (AvgIpc) is 2.81. The number of rotatable bonds is 0. The summed E-state index contributed by atoms with van der Waals surface area (Å²) in [6, 6.07) is 7.67. The highest BCUT2D eigenvalue weighted by atomic mass is 15.2. The minimum atomic E-state index is -1.31. The monoisotopic (exact) mass is 386 g/mol. The van der Waals surface area contributed by atoms with Gasteiger partial charge in [0, 0.05) is 0 Å². The van der Waals surface area contributed by atoms with Gasteiger partial charge in [-0.1, -0.05) is 0 Å². The minimum absolute atomic E-state index is 0.0123. The second kappa shape index (κ2) is 6.48. The van der Waals surface area contributed by atoms with Crippen molar-refractivity contribution >= 4 is 39.2 Å². The van der Waals surface area contributed by atoms with Crippen LogP contribution in [-0.4, -0.2) is 31.7 Å². The first-order chi connectivity index (χ1) is 14.6. The molecule has 1 aromatic carbocycles. The van der Waals surface area contributed by atoms with Crippen LogP contribution in [0.4, 0.5) is 11.4 Å². The number of anilines is 1. The van der Waals surface area contributed by atoms with Gasteiger partial charge in [-0.3, -0.25) is 4.90 Å². The molecular formula is C18H2N12. The zero-order chi connectivity index (χ0) is 21.4. The Labute approximate surface area is 167 Å². The highest BCUT2D eigenvalue weighted by Gasteiger charge is 2.35. The summed E-state index contributed by atoms with van der Waals surface area (Å²) in [5, 5.41) is 56.4. The van der Waals surface area contributed by atoms with Crippen LogP contribution in [0, 0.1) is 68.1 Å². The molecule has 0 fully saturated rings. The molecule has 4 rings (SSSR count). The molecule has 3 heterocycles. The van der Waals surface area contributed by atoms with Crippen molar-refractivity contribution in [3.8, 4) is 36.5 Å². The normalized spacial score (nSPS) is 14.3. The van der Waals surface area contributed by atoms with Gasteiger partial charge >= 0.3 is 0 Å². The smallest absolute Gasteiger partial charge is 0.186 e. The number of nitriles is 6. The highest BCUT2D eigenvalue weighted by molar-refractivity contribution is 6.20. The Morgan fingerprint density at radius 3 is 2.00 bits per heavy atom. The summed E-state index contributed by atoms with van der Waals surface area (Å²) in [6.45, 7) is 0. The summed E-state index contributed by atoms with van der Waals surface area (Å²) in [5.41, 5.74) is -0.798. The fourth-order valence-corrected chi connectivity index (χ4v) is 3.01. The van der Waals surface area contributed by atoms with Crippen molar-refractivity contribution in [2.24, 2.45) is 4.99 Å². The fourth-order valence-electron chi connectivity index (χ4n) is 3.01. The average molecular weight is 386 g/mol. The van der Waals surface area contributed by atoms with Crippen LogP contribution in [-0.2, 0) is 0 Å². The van der Waals surface area contributed by atoms with Crippen molar-refractivity contribution in [1.82, 2.24) is 19.9 Å². The predicted molar refractivity (Wildman–Crippen MR) is 97.0 cm³/mol. The van der Waals surface area contributed by atoms with Crippen LogP contribution >= 0.6 is 0 Å². The first-order valence-corrected chi connectivity index (χ1v) is 7.93. The summed E-state index contributed by atoms with van der Waals surface area (Å²) < 4.78 is 0. The summed E-state index contributed by atoms with van der Waals surface area (Å²) in [4.78, 5) is 21.7. The molecule has 1 unspecified atom stereocenters. The topological polar surface area (TPSA) is 210 Å². The lowest BCUT2D eigenvalue weighted by atomic mass is 10.0. The SMILES string of the molecule is N#CC1=Nc2c(c3ncc(C#N)nc3c3nc(C#N)c(C#N)nc23)N(C#N)C1C#N. The van der Waals surface area contributed by atoms with E-state index in [1.165, 1.54) is 0 Å². The van der Waals surface area contributed by atoms with Gasteiger partial charge in [-0.15, -0.1) is 0 Å². The summed E-state index contributed by atoms with van der Waals surface area (Å²) in [7, 11) is 0. The van der Waals surface area contributed by atoms with Gasteiger partial charge in [-0.2, -0.15) is 31.6 Å². The molecule has 1 aliphatic rings. The van der Waals surface area contributed by atoms with Crippen molar-refractivity contribution in [3.63, 3.8) is 0 Å².